The highest BCUT2D eigenvalue weighted by atomic mass is 79.9. The zero-order chi connectivity index (χ0) is 15.2. The minimum absolute atomic E-state index is 0.567. The van der Waals surface area contributed by atoms with Crippen molar-refractivity contribution < 1.29 is 14.2 Å². The van der Waals surface area contributed by atoms with Crippen LogP contribution >= 0.6 is 15.9 Å². The molecule has 1 aromatic carbocycles. The van der Waals surface area contributed by atoms with Crippen LogP contribution in [0.3, 0.4) is 0 Å². The number of nitrogens with zero attached hydrogens (tertiary/aromatic N) is 1. The Morgan fingerprint density at radius 1 is 1.14 bits per heavy atom. The fraction of sp³-hybridized carbons (Fsp3) is 0.267. The number of ether oxygens (including phenoxy) is 3. The summed E-state index contributed by atoms with van der Waals surface area (Å²) in [5.74, 6) is 1.93. The van der Waals surface area contributed by atoms with Gasteiger partial charge in [-0.3, -0.25) is 0 Å². The second kappa shape index (κ2) is 7.17. The quantitative estimate of drug-likeness (QED) is 0.862. The molecule has 21 heavy (non-hydrogen) atoms. The van der Waals surface area contributed by atoms with Crippen molar-refractivity contribution in [3.8, 4) is 17.4 Å². The lowest BCUT2D eigenvalue weighted by Crippen LogP contribution is -2.03. The van der Waals surface area contributed by atoms with Gasteiger partial charge in [0.05, 0.1) is 31.5 Å². The van der Waals surface area contributed by atoms with E-state index in [1.807, 2.05) is 24.3 Å². The van der Waals surface area contributed by atoms with Gasteiger partial charge in [-0.05, 0) is 45.8 Å². The van der Waals surface area contributed by atoms with Crippen molar-refractivity contribution in [2.24, 2.45) is 0 Å². The summed E-state index contributed by atoms with van der Waals surface area (Å²) >= 11 is 3.48. The van der Waals surface area contributed by atoms with Crippen molar-refractivity contribution >= 4 is 21.6 Å². The first-order valence-electron chi connectivity index (χ1n) is 6.33. The van der Waals surface area contributed by atoms with Gasteiger partial charge in [-0.25, -0.2) is 4.98 Å². The van der Waals surface area contributed by atoms with Gasteiger partial charge >= 0.3 is 0 Å². The number of rotatable bonds is 6. The van der Waals surface area contributed by atoms with Crippen LogP contribution in [-0.4, -0.2) is 26.3 Å². The molecule has 0 radical (unpaired) electrons. The number of benzene rings is 1. The molecule has 0 spiro atoms. The number of methoxy groups -OCH3 is 3. The zero-order valence-electron chi connectivity index (χ0n) is 12.1. The molecule has 5 nitrogen and oxygen atoms in total. The van der Waals surface area contributed by atoms with E-state index in [0.717, 1.165) is 15.7 Å². The van der Waals surface area contributed by atoms with E-state index in [1.54, 1.807) is 27.5 Å². The predicted molar refractivity (Wildman–Crippen MR) is 85.4 cm³/mol. The Bertz CT molecular complexity index is 620. The van der Waals surface area contributed by atoms with Crippen LogP contribution in [0.15, 0.2) is 34.9 Å². The van der Waals surface area contributed by atoms with E-state index >= 15 is 0 Å². The Morgan fingerprint density at radius 2 is 1.95 bits per heavy atom. The number of hydrogen-bond acceptors (Lipinski definition) is 5. The standard InChI is InChI=1S/C15H17BrN2O3/c1-19-13-8-10(7-11(16)14(13)20-2)9-18-12-5-4-6-17-15(12)21-3/h4-8,18H,9H2,1-3H3. The Morgan fingerprint density at radius 3 is 2.62 bits per heavy atom. The maximum atomic E-state index is 5.33. The zero-order valence-corrected chi connectivity index (χ0v) is 13.7. The monoisotopic (exact) mass is 352 g/mol. The smallest absolute Gasteiger partial charge is 0.237 e. The average molecular weight is 353 g/mol. The summed E-state index contributed by atoms with van der Waals surface area (Å²) in [4.78, 5) is 4.15. The van der Waals surface area contributed by atoms with Crippen molar-refractivity contribution in [2.45, 2.75) is 6.54 Å². The molecule has 112 valence electrons. The summed E-state index contributed by atoms with van der Waals surface area (Å²) in [6.45, 7) is 0.612. The first-order chi connectivity index (χ1) is 10.2. The minimum atomic E-state index is 0.567. The lowest BCUT2D eigenvalue weighted by molar-refractivity contribution is 0.352. The second-order valence-corrected chi connectivity index (χ2v) is 5.08. The van der Waals surface area contributed by atoms with E-state index in [1.165, 1.54) is 0 Å². The highest BCUT2D eigenvalue weighted by Gasteiger charge is 2.11. The maximum absolute atomic E-state index is 5.33. The first kappa shape index (κ1) is 15.4. The van der Waals surface area contributed by atoms with Gasteiger partial charge in [0.1, 0.15) is 0 Å². The normalized spacial score (nSPS) is 10.1. The predicted octanol–water partition coefficient (Wildman–Crippen LogP) is 3.48. The Kier molecular flexibility index (Phi) is 5.27. The fourth-order valence-electron chi connectivity index (χ4n) is 1.96. The molecule has 2 rings (SSSR count). The number of halogens is 1. The van der Waals surface area contributed by atoms with Gasteiger partial charge in [-0.15, -0.1) is 0 Å². The van der Waals surface area contributed by atoms with Gasteiger partial charge in [0, 0.05) is 12.7 Å². The molecule has 0 fully saturated rings. The van der Waals surface area contributed by atoms with Crippen LogP contribution in [0.1, 0.15) is 5.56 Å². The number of aromatic nitrogens is 1. The Balaban J connectivity index is 2.18. The molecular weight excluding hydrogens is 336 g/mol. The van der Waals surface area contributed by atoms with E-state index in [9.17, 15) is 0 Å². The molecule has 2 aromatic rings. The second-order valence-electron chi connectivity index (χ2n) is 4.23. The molecule has 6 heteroatoms. The SMILES string of the molecule is COc1cc(CNc2cccnc2OC)cc(Br)c1OC. The highest BCUT2D eigenvalue weighted by Crippen LogP contribution is 2.36. The number of anilines is 1. The highest BCUT2D eigenvalue weighted by molar-refractivity contribution is 9.10. The average Bonchev–Trinajstić information content (AvgIpc) is 2.52. The summed E-state index contributed by atoms with van der Waals surface area (Å²) < 4.78 is 16.7. The first-order valence-corrected chi connectivity index (χ1v) is 7.12. The lowest BCUT2D eigenvalue weighted by atomic mass is 10.2. The van der Waals surface area contributed by atoms with Crippen molar-refractivity contribution in [3.05, 3.63) is 40.5 Å². The van der Waals surface area contributed by atoms with Crippen LogP contribution in [0.25, 0.3) is 0 Å². The molecule has 0 aliphatic carbocycles. The van der Waals surface area contributed by atoms with Gasteiger partial charge in [0.2, 0.25) is 5.88 Å². The number of hydrogen-bond donors (Lipinski definition) is 1. The van der Waals surface area contributed by atoms with Crippen molar-refractivity contribution in [1.82, 2.24) is 4.98 Å². The largest absolute Gasteiger partial charge is 0.493 e. The van der Waals surface area contributed by atoms with Crippen LogP contribution in [0.5, 0.6) is 17.4 Å². The third kappa shape index (κ3) is 3.58. The molecule has 1 aromatic heterocycles. The fourth-order valence-corrected chi connectivity index (χ4v) is 2.61. The van der Waals surface area contributed by atoms with E-state index in [4.69, 9.17) is 14.2 Å². The van der Waals surface area contributed by atoms with Gasteiger partial charge < -0.3 is 19.5 Å². The minimum Gasteiger partial charge on any atom is -0.493 e. The molecule has 0 unspecified atom stereocenters. The number of pyridine rings is 1. The van der Waals surface area contributed by atoms with Gasteiger partial charge in [-0.1, -0.05) is 0 Å². The van der Waals surface area contributed by atoms with Crippen molar-refractivity contribution in [2.75, 3.05) is 26.6 Å². The van der Waals surface area contributed by atoms with Crippen LogP contribution in [0.4, 0.5) is 5.69 Å². The molecule has 0 aliphatic heterocycles. The molecule has 0 aliphatic rings. The van der Waals surface area contributed by atoms with E-state index < -0.39 is 0 Å². The van der Waals surface area contributed by atoms with Crippen LogP contribution in [-0.2, 0) is 6.54 Å². The van der Waals surface area contributed by atoms with Crippen LogP contribution in [0, 0.1) is 0 Å². The van der Waals surface area contributed by atoms with Crippen molar-refractivity contribution in [1.29, 1.82) is 0 Å². The van der Waals surface area contributed by atoms with Gasteiger partial charge in [0.15, 0.2) is 11.5 Å². The topological polar surface area (TPSA) is 52.6 Å². The molecule has 0 saturated carbocycles. The molecule has 1 heterocycles. The summed E-state index contributed by atoms with van der Waals surface area (Å²) in [6, 6.07) is 7.69. The molecule has 0 amide bonds. The summed E-state index contributed by atoms with van der Waals surface area (Å²) in [5.41, 5.74) is 1.89. The molecule has 0 bridgehead atoms. The molecular formula is C15H17BrN2O3. The van der Waals surface area contributed by atoms with Crippen molar-refractivity contribution in [3.63, 3.8) is 0 Å². The lowest BCUT2D eigenvalue weighted by Gasteiger charge is -2.13. The molecule has 0 saturated heterocycles. The van der Waals surface area contributed by atoms with E-state index in [0.29, 0.717) is 23.9 Å². The maximum Gasteiger partial charge on any atom is 0.237 e. The molecule has 1 N–H and O–H groups in total. The number of nitrogens with one attached hydrogen (secondary N) is 1. The summed E-state index contributed by atoms with van der Waals surface area (Å²) in [7, 11) is 4.83. The van der Waals surface area contributed by atoms with E-state index in [-0.39, 0.29) is 0 Å². The third-order valence-electron chi connectivity index (χ3n) is 2.94. The van der Waals surface area contributed by atoms with Gasteiger partial charge in [0.25, 0.3) is 0 Å². The summed E-state index contributed by atoms with van der Waals surface area (Å²) in [5, 5.41) is 3.29. The van der Waals surface area contributed by atoms with Crippen LogP contribution < -0.4 is 19.5 Å². The summed E-state index contributed by atoms with van der Waals surface area (Å²) in [6.07, 6.45) is 1.69. The molecule has 0 atom stereocenters. The van der Waals surface area contributed by atoms with Crippen LogP contribution in [0.2, 0.25) is 0 Å². The Labute approximate surface area is 132 Å². The van der Waals surface area contributed by atoms with Gasteiger partial charge in [-0.2, -0.15) is 0 Å². The Hall–Kier alpha value is -1.95. The third-order valence-corrected chi connectivity index (χ3v) is 3.53. The van der Waals surface area contributed by atoms with E-state index in [2.05, 4.69) is 26.2 Å².